The van der Waals surface area contributed by atoms with Crippen LogP contribution in [-0.2, 0) is 21.4 Å². The summed E-state index contributed by atoms with van der Waals surface area (Å²) in [6, 6.07) is 8.51. The lowest BCUT2D eigenvalue weighted by Gasteiger charge is -2.41. The molecule has 0 heterocycles. The minimum atomic E-state index is -0.0822. The molecule has 2 atom stereocenters. The van der Waals surface area contributed by atoms with Gasteiger partial charge in [-0.2, -0.15) is 0 Å². The fraction of sp³-hybridized carbons (Fsp3) is 0.562. The van der Waals surface area contributed by atoms with Gasteiger partial charge in [0.15, 0.2) is 0 Å². The van der Waals surface area contributed by atoms with Gasteiger partial charge in [0.25, 0.3) is 0 Å². The first-order valence-corrected chi connectivity index (χ1v) is 6.88. The Morgan fingerprint density at radius 2 is 2.11 bits per heavy atom. The molecule has 0 saturated heterocycles. The van der Waals surface area contributed by atoms with E-state index in [4.69, 9.17) is 4.74 Å². The highest BCUT2D eigenvalue weighted by Gasteiger charge is 2.43. The van der Waals surface area contributed by atoms with Gasteiger partial charge in [-0.3, -0.25) is 4.79 Å². The first kappa shape index (κ1) is 13.1. The molecule has 0 aromatic heterocycles. The minimum absolute atomic E-state index is 0.00245. The summed E-state index contributed by atoms with van der Waals surface area (Å²) in [6.45, 7) is 6.70. The van der Waals surface area contributed by atoms with Crippen LogP contribution < -0.4 is 0 Å². The number of ether oxygens (including phenoxy) is 1. The minimum Gasteiger partial charge on any atom is -0.466 e. The van der Waals surface area contributed by atoms with Crippen LogP contribution in [0.2, 0.25) is 0 Å². The summed E-state index contributed by atoms with van der Waals surface area (Å²) < 4.78 is 5.25. The molecule has 1 aromatic carbocycles. The van der Waals surface area contributed by atoms with Gasteiger partial charge in [-0.15, -0.1) is 0 Å². The highest BCUT2D eigenvalue weighted by molar-refractivity contribution is 5.75. The molecule has 0 aliphatic heterocycles. The lowest BCUT2D eigenvalue weighted by Crippen LogP contribution is -2.41. The highest BCUT2D eigenvalue weighted by Crippen LogP contribution is 2.44. The Kier molecular flexibility index (Phi) is 3.74. The molecule has 0 N–H and O–H groups in total. The molecule has 0 fully saturated rings. The second-order valence-electron chi connectivity index (χ2n) is 5.27. The second-order valence-corrected chi connectivity index (χ2v) is 5.27. The first-order chi connectivity index (χ1) is 8.63. The molecule has 0 saturated carbocycles. The predicted octanol–water partition coefficient (Wildman–Crippen LogP) is 3.48. The van der Waals surface area contributed by atoms with Crippen molar-refractivity contribution in [1.29, 1.82) is 0 Å². The van der Waals surface area contributed by atoms with Crippen LogP contribution in [0, 0.1) is 5.92 Å². The third-order valence-corrected chi connectivity index (χ3v) is 4.41. The number of carbonyl (C=O) groups excluding carboxylic acids is 1. The standard InChI is InChI=1S/C16H22O2/c1-4-16(3)13-9-7-6-8-12(13)10-11-14(16)15(17)18-5-2/h6-9,14H,4-5,10-11H2,1-3H3. The molecule has 2 unspecified atom stereocenters. The number of benzene rings is 1. The molecule has 98 valence electrons. The Bertz CT molecular complexity index is 438. The third kappa shape index (κ3) is 2.05. The first-order valence-electron chi connectivity index (χ1n) is 6.88. The molecular formula is C16H22O2. The summed E-state index contributed by atoms with van der Waals surface area (Å²) in [4.78, 5) is 12.2. The van der Waals surface area contributed by atoms with Gasteiger partial charge in [-0.25, -0.2) is 0 Å². The number of hydrogen-bond donors (Lipinski definition) is 0. The molecule has 18 heavy (non-hydrogen) atoms. The fourth-order valence-electron chi connectivity index (χ4n) is 3.16. The van der Waals surface area contributed by atoms with E-state index in [0.29, 0.717) is 6.61 Å². The van der Waals surface area contributed by atoms with E-state index in [-0.39, 0.29) is 17.3 Å². The Hall–Kier alpha value is -1.31. The Morgan fingerprint density at radius 1 is 1.39 bits per heavy atom. The van der Waals surface area contributed by atoms with Gasteiger partial charge in [-0.05, 0) is 37.3 Å². The van der Waals surface area contributed by atoms with Crippen LogP contribution in [0.5, 0.6) is 0 Å². The van der Waals surface area contributed by atoms with Crippen LogP contribution in [0.4, 0.5) is 0 Å². The molecule has 0 radical (unpaired) electrons. The van der Waals surface area contributed by atoms with Crippen molar-refractivity contribution in [3.05, 3.63) is 35.4 Å². The second kappa shape index (κ2) is 5.13. The van der Waals surface area contributed by atoms with E-state index in [1.807, 2.05) is 6.92 Å². The topological polar surface area (TPSA) is 26.3 Å². The maximum Gasteiger partial charge on any atom is 0.309 e. The van der Waals surface area contributed by atoms with E-state index in [2.05, 4.69) is 38.1 Å². The SMILES string of the molecule is CCOC(=O)C1CCc2ccccc2C1(C)CC. The molecule has 1 aliphatic rings. The Labute approximate surface area is 109 Å². The zero-order chi connectivity index (χ0) is 13.2. The Morgan fingerprint density at radius 3 is 2.78 bits per heavy atom. The lowest BCUT2D eigenvalue weighted by atomic mass is 9.63. The summed E-state index contributed by atoms with van der Waals surface area (Å²) in [5.74, 6) is -0.0336. The largest absolute Gasteiger partial charge is 0.466 e. The smallest absolute Gasteiger partial charge is 0.309 e. The van der Waals surface area contributed by atoms with E-state index in [1.54, 1.807) is 0 Å². The molecule has 1 aromatic rings. The molecule has 2 rings (SSSR count). The third-order valence-electron chi connectivity index (χ3n) is 4.41. The van der Waals surface area contributed by atoms with E-state index >= 15 is 0 Å². The number of carbonyl (C=O) groups is 1. The van der Waals surface area contributed by atoms with Crippen LogP contribution in [0.1, 0.15) is 44.7 Å². The van der Waals surface area contributed by atoms with Gasteiger partial charge < -0.3 is 4.74 Å². The average Bonchev–Trinajstić information content (AvgIpc) is 2.39. The van der Waals surface area contributed by atoms with Crippen molar-refractivity contribution >= 4 is 5.97 Å². The lowest BCUT2D eigenvalue weighted by molar-refractivity contribution is -0.151. The van der Waals surface area contributed by atoms with Gasteiger partial charge in [0.1, 0.15) is 0 Å². The molecule has 2 heteroatoms. The van der Waals surface area contributed by atoms with Gasteiger partial charge in [-0.1, -0.05) is 38.1 Å². The van der Waals surface area contributed by atoms with Crippen LogP contribution in [0.15, 0.2) is 24.3 Å². The number of rotatable bonds is 3. The van der Waals surface area contributed by atoms with Crippen molar-refractivity contribution in [2.75, 3.05) is 6.61 Å². The summed E-state index contributed by atoms with van der Waals surface area (Å²) in [5, 5.41) is 0. The monoisotopic (exact) mass is 246 g/mol. The molecule has 0 amide bonds. The van der Waals surface area contributed by atoms with E-state index in [0.717, 1.165) is 19.3 Å². The van der Waals surface area contributed by atoms with Crippen LogP contribution in [0.3, 0.4) is 0 Å². The van der Waals surface area contributed by atoms with Gasteiger partial charge >= 0.3 is 5.97 Å². The molecule has 0 bridgehead atoms. The van der Waals surface area contributed by atoms with E-state index < -0.39 is 0 Å². The van der Waals surface area contributed by atoms with Gasteiger partial charge in [0, 0.05) is 5.41 Å². The summed E-state index contributed by atoms with van der Waals surface area (Å²) in [6.07, 6.45) is 2.85. The van der Waals surface area contributed by atoms with Crippen molar-refractivity contribution in [3.63, 3.8) is 0 Å². The summed E-state index contributed by atoms with van der Waals surface area (Å²) in [7, 11) is 0. The van der Waals surface area contributed by atoms with Crippen LogP contribution >= 0.6 is 0 Å². The zero-order valence-electron chi connectivity index (χ0n) is 11.5. The summed E-state index contributed by atoms with van der Waals surface area (Å²) in [5.41, 5.74) is 2.64. The van der Waals surface area contributed by atoms with Crippen molar-refractivity contribution in [3.8, 4) is 0 Å². The maximum absolute atomic E-state index is 12.2. The van der Waals surface area contributed by atoms with E-state index in [1.165, 1.54) is 11.1 Å². The number of esters is 1. The van der Waals surface area contributed by atoms with Gasteiger partial charge in [0.05, 0.1) is 12.5 Å². The molecule has 1 aliphatic carbocycles. The summed E-state index contributed by atoms with van der Waals surface area (Å²) >= 11 is 0. The number of aryl methyl sites for hydroxylation is 1. The predicted molar refractivity (Wildman–Crippen MR) is 72.5 cm³/mol. The zero-order valence-corrected chi connectivity index (χ0v) is 11.5. The van der Waals surface area contributed by atoms with Gasteiger partial charge in [0.2, 0.25) is 0 Å². The number of fused-ring (bicyclic) bond motifs is 1. The van der Waals surface area contributed by atoms with E-state index in [9.17, 15) is 4.79 Å². The fourth-order valence-corrected chi connectivity index (χ4v) is 3.16. The van der Waals surface area contributed by atoms with Crippen molar-refractivity contribution < 1.29 is 9.53 Å². The molecular weight excluding hydrogens is 224 g/mol. The molecule has 0 spiro atoms. The van der Waals surface area contributed by atoms with Crippen LogP contribution in [0.25, 0.3) is 0 Å². The van der Waals surface area contributed by atoms with Crippen molar-refractivity contribution in [1.82, 2.24) is 0 Å². The Balaban J connectivity index is 2.39. The maximum atomic E-state index is 12.2. The molecule has 2 nitrogen and oxygen atoms in total. The van der Waals surface area contributed by atoms with Crippen molar-refractivity contribution in [2.45, 2.75) is 45.4 Å². The normalized spacial score (nSPS) is 26.5. The quantitative estimate of drug-likeness (QED) is 0.763. The number of hydrogen-bond acceptors (Lipinski definition) is 2. The highest BCUT2D eigenvalue weighted by atomic mass is 16.5. The average molecular weight is 246 g/mol. The van der Waals surface area contributed by atoms with Crippen molar-refractivity contribution in [2.24, 2.45) is 5.92 Å². The van der Waals surface area contributed by atoms with Crippen LogP contribution in [-0.4, -0.2) is 12.6 Å².